The van der Waals surface area contributed by atoms with Crippen LogP contribution < -0.4 is 5.69 Å². The van der Waals surface area contributed by atoms with Crippen LogP contribution in [0.25, 0.3) is 5.69 Å². The lowest BCUT2D eigenvalue weighted by Gasteiger charge is -2.14. The van der Waals surface area contributed by atoms with Gasteiger partial charge in [0.05, 0.1) is 21.1 Å². The first kappa shape index (κ1) is 19.1. The lowest BCUT2D eigenvalue weighted by molar-refractivity contribution is -0.424. The molecule has 0 aliphatic rings. The van der Waals surface area contributed by atoms with Crippen molar-refractivity contribution in [3.63, 3.8) is 0 Å². The number of aromatic nitrogens is 3. The van der Waals surface area contributed by atoms with Crippen molar-refractivity contribution < 1.29 is 18.1 Å². The standard InChI is InChI=1S/C13H10ClF3N4O3S/c1-6(21(23)24)7(2)25-12-19-18-11(22)20(12)10-4-3-8(14)5-9(10)13(15,16)17/h3-5H,1-2H3,(H,18,22)/b7-6-. The van der Waals surface area contributed by atoms with Gasteiger partial charge in [0.2, 0.25) is 5.16 Å². The number of benzene rings is 1. The lowest BCUT2D eigenvalue weighted by Crippen LogP contribution is -2.20. The predicted octanol–water partition coefficient (Wildman–Crippen LogP) is 3.85. The number of rotatable bonds is 4. The van der Waals surface area contributed by atoms with Crippen LogP contribution in [-0.4, -0.2) is 19.7 Å². The molecule has 12 heteroatoms. The Bertz CT molecular complexity index is 920. The highest BCUT2D eigenvalue weighted by atomic mass is 35.5. The van der Waals surface area contributed by atoms with Crippen molar-refractivity contribution in [2.75, 3.05) is 0 Å². The third kappa shape index (κ3) is 4.04. The van der Waals surface area contributed by atoms with E-state index in [-0.39, 0.29) is 20.8 Å². The summed E-state index contributed by atoms with van der Waals surface area (Å²) in [5.41, 5.74) is -2.73. The Morgan fingerprint density at radius 1 is 1.40 bits per heavy atom. The van der Waals surface area contributed by atoms with Crippen LogP contribution in [0.3, 0.4) is 0 Å². The van der Waals surface area contributed by atoms with Crippen LogP contribution in [0.4, 0.5) is 13.2 Å². The van der Waals surface area contributed by atoms with Crippen molar-refractivity contribution in [3.05, 3.63) is 60.0 Å². The molecule has 2 aromatic rings. The number of thioether (sulfide) groups is 1. The molecular weight excluding hydrogens is 385 g/mol. The van der Waals surface area contributed by atoms with E-state index in [1.165, 1.54) is 19.9 Å². The Morgan fingerprint density at radius 2 is 2.04 bits per heavy atom. The number of halogens is 4. The molecule has 0 aliphatic heterocycles. The van der Waals surface area contributed by atoms with Crippen molar-refractivity contribution in [3.8, 4) is 5.69 Å². The van der Waals surface area contributed by atoms with Crippen molar-refractivity contribution in [1.82, 2.24) is 14.8 Å². The van der Waals surface area contributed by atoms with Gasteiger partial charge in [-0.25, -0.2) is 14.5 Å². The number of nitro groups is 1. The molecule has 0 radical (unpaired) electrons. The molecule has 0 amide bonds. The molecule has 1 aromatic heterocycles. The highest BCUT2D eigenvalue weighted by Crippen LogP contribution is 2.37. The first-order valence-corrected chi connectivity index (χ1v) is 7.76. The second-order valence-corrected chi connectivity index (χ2v) is 6.42. The molecule has 1 aromatic carbocycles. The van der Waals surface area contributed by atoms with E-state index in [9.17, 15) is 28.1 Å². The molecule has 1 heterocycles. The fourth-order valence-corrected chi connectivity index (χ4v) is 2.87. The molecule has 25 heavy (non-hydrogen) atoms. The Hall–Kier alpha value is -2.27. The SMILES string of the molecule is C/C(Sc1n[nH]c(=O)n1-c1ccc(Cl)cc1C(F)(F)F)=C(\C)[N+](=O)[O-]. The van der Waals surface area contributed by atoms with Crippen molar-refractivity contribution in [2.45, 2.75) is 25.2 Å². The van der Waals surface area contributed by atoms with Crippen LogP contribution in [0.2, 0.25) is 5.02 Å². The van der Waals surface area contributed by atoms with E-state index in [2.05, 4.69) is 5.10 Å². The third-order valence-corrected chi connectivity index (χ3v) is 4.47. The average Bonchev–Trinajstić information content (AvgIpc) is 2.86. The van der Waals surface area contributed by atoms with Crippen LogP contribution in [0, 0.1) is 10.1 Å². The van der Waals surface area contributed by atoms with E-state index in [0.29, 0.717) is 22.4 Å². The molecule has 0 unspecified atom stereocenters. The average molecular weight is 395 g/mol. The number of hydrogen-bond acceptors (Lipinski definition) is 5. The minimum atomic E-state index is -4.76. The second-order valence-electron chi connectivity index (χ2n) is 4.81. The number of aromatic amines is 1. The zero-order valence-electron chi connectivity index (χ0n) is 12.7. The maximum absolute atomic E-state index is 13.3. The van der Waals surface area contributed by atoms with Gasteiger partial charge in [-0.2, -0.15) is 13.2 Å². The van der Waals surface area contributed by atoms with E-state index in [4.69, 9.17) is 11.6 Å². The monoisotopic (exact) mass is 394 g/mol. The van der Waals surface area contributed by atoms with Gasteiger partial charge >= 0.3 is 11.9 Å². The summed E-state index contributed by atoms with van der Waals surface area (Å²) >= 11 is 6.33. The highest BCUT2D eigenvalue weighted by Gasteiger charge is 2.35. The van der Waals surface area contributed by atoms with Crippen molar-refractivity contribution in [2.24, 2.45) is 0 Å². The number of hydrogen-bond donors (Lipinski definition) is 1. The maximum atomic E-state index is 13.3. The van der Waals surface area contributed by atoms with Crippen LogP contribution in [0.1, 0.15) is 19.4 Å². The van der Waals surface area contributed by atoms with Gasteiger partial charge in [-0.05, 0) is 36.9 Å². The van der Waals surface area contributed by atoms with Gasteiger partial charge in [0.25, 0.3) is 5.70 Å². The molecule has 0 atom stereocenters. The molecule has 0 saturated carbocycles. The van der Waals surface area contributed by atoms with Gasteiger partial charge in [0.15, 0.2) is 0 Å². The number of H-pyrrole nitrogens is 1. The first-order chi connectivity index (χ1) is 11.5. The molecule has 1 N–H and O–H groups in total. The minimum absolute atomic E-state index is 0.151. The van der Waals surface area contributed by atoms with Gasteiger partial charge in [-0.1, -0.05) is 11.6 Å². The van der Waals surface area contributed by atoms with Gasteiger partial charge in [0.1, 0.15) is 0 Å². The number of nitrogens with zero attached hydrogens (tertiary/aromatic N) is 3. The molecule has 134 valence electrons. The summed E-state index contributed by atoms with van der Waals surface area (Å²) in [5.74, 6) is 0. The Kier molecular flexibility index (Phi) is 5.28. The van der Waals surface area contributed by atoms with Crippen LogP contribution in [-0.2, 0) is 6.18 Å². The van der Waals surface area contributed by atoms with E-state index in [0.717, 1.165) is 6.07 Å². The van der Waals surface area contributed by atoms with Crippen molar-refractivity contribution in [1.29, 1.82) is 0 Å². The van der Waals surface area contributed by atoms with E-state index in [1.54, 1.807) is 0 Å². The van der Waals surface area contributed by atoms with Crippen LogP contribution in [0.5, 0.6) is 0 Å². The summed E-state index contributed by atoms with van der Waals surface area (Å²) in [6.45, 7) is 2.64. The Balaban J connectivity index is 2.64. The summed E-state index contributed by atoms with van der Waals surface area (Å²) in [6.07, 6.45) is -4.76. The zero-order valence-corrected chi connectivity index (χ0v) is 14.3. The smallest absolute Gasteiger partial charge is 0.259 e. The van der Waals surface area contributed by atoms with Gasteiger partial charge in [0, 0.05) is 11.9 Å². The summed E-state index contributed by atoms with van der Waals surface area (Å²) in [6, 6.07) is 2.92. The second kappa shape index (κ2) is 6.92. The maximum Gasteiger partial charge on any atom is 0.418 e. The number of alkyl halides is 3. The molecule has 2 rings (SSSR count). The molecule has 0 fully saturated rings. The predicted molar refractivity (Wildman–Crippen MR) is 85.4 cm³/mol. The van der Waals surface area contributed by atoms with E-state index >= 15 is 0 Å². The van der Waals surface area contributed by atoms with Crippen molar-refractivity contribution >= 4 is 23.4 Å². The molecular formula is C13H10ClF3N4O3S. The van der Waals surface area contributed by atoms with Gasteiger partial charge in [-0.3, -0.25) is 10.1 Å². The lowest BCUT2D eigenvalue weighted by atomic mass is 10.1. The summed E-state index contributed by atoms with van der Waals surface area (Å²) in [5, 5.41) is 16.2. The molecule has 7 nitrogen and oxygen atoms in total. The molecule has 0 spiro atoms. The summed E-state index contributed by atoms with van der Waals surface area (Å²) in [7, 11) is 0. The number of allylic oxidation sites excluding steroid dienone is 2. The third-order valence-electron chi connectivity index (χ3n) is 3.17. The zero-order chi connectivity index (χ0) is 18.9. The molecule has 0 saturated heterocycles. The summed E-state index contributed by atoms with van der Waals surface area (Å²) in [4.78, 5) is 22.3. The fourth-order valence-electron chi connectivity index (χ4n) is 1.83. The molecule has 0 bridgehead atoms. The molecule has 0 aliphatic carbocycles. The Morgan fingerprint density at radius 3 is 2.60 bits per heavy atom. The largest absolute Gasteiger partial charge is 0.418 e. The highest BCUT2D eigenvalue weighted by molar-refractivity contribution is 8.02. The quantitative estimate of drug-likeness (QED) is 0.483. The minimum Gasteiger partial charge on any atom is -0.259 e. The first-order valence-electron chi connectivity index (χ1n) is 6.56. The Labute approximate surface area is 147 Å². The number of nitrogens with one attached hydrogen (secondary N) is 1. The van der Waals surface area contributed by atoms with Gasteiger partial charge in [-0.15, -0.1) is 5.10 Å². The topological polar surface area (TPSA) is 93.8 Å². The fraction of sp³-hybridized carbons (Fsp3) is 0.231. The van der Waals surface area contributed by atoms with Gasteiger partial charge < -0.3 is 0 Å². The van der Waals surface area contributed by atoms with Crippen LogP contribution in [0.15, 0.2) is 38.8 Å². The normalized spacial score (nSPS) is 12.9. The van der Waals surface area contributed by atoms with Crippen LogP contribution >= 0.6 is 23.4 Å². The van der Waals surface area contributed by atoms with E-state index in [1.807, 2.05) is 5.10 Å². The van der Waals surface area contributed by atoms with E-state index < -0.39 is 28.0 Å². The summed E-state index contributed by atoms with van der Waals surface area (Å²) < 4.78 is 40.5.